The highest BCUT2D eigenvalue weighted by Crippen LogP contribution is 2.48. The number of rotatable bonds is 5. The Hall–Kier alpha value is -5.70. The van der Waals surface area contributed by atoms with E-state index in [9.17, 15) is 0 Å². The van der Waals surface area contributed by atoms with Gasteiger partial charge in [-0.25, -0.2) is 0 Å². The van der Waals surface area contributed by atoms with Gasteiger partial charge in [0.25, 0.3) is 0 Å². The summed E-state index contributed by atoms with van der Waals surface area (Å²) in [5.41, 5.74) is 8.32. The molecule has 0 saturated carbocycles. The SMILES string of the molecule is c1ccc(-c2ccccc2N(c2ccc(-c3cccc4ccccc34)cc2)c2cccc3c2sc2ccc4ccccc4c23)cc1. The Morgan fingerprint density at radius 2 is 0.957 bits per heavy atom. The lowest BCUT2D eigenvalue weighted by atomic mass is 9.97. The molecule has 0 N–H and O–H groups in total. The molecule has 9 aromatic rings. The van der Waals surface area contributed by atoms with Gasteiger partial charge in [-0.1, -0.05) is 146 Å². The van der Waals surface area contributed by atoms with Crippen molar-refractivity contribution in [3.05, 3.63) is 176 Å². The highest BCUT2D eigenvalue weighted by Gasteiger charge is 2.21. The Bertz CT molecular complexity index is 2520. The number of hydrogen-bond donors (Lipinski definition) is 0. The second-order valence-corrected chi connectivity index (χ2v) is 12.8. The zero-order valence-electron chi connectivity index (χ0n) is 25.1. The van der Waals surface area contributed by atoms with E-state index in [-0.39, 0.29) is 0 Å². The normalized spacial score (nSPS) is 11.5. The first-order valence-electron chi connectivity index (χ1n) is 15.7. The quantitative estimate of drug-likeness (QED) is 0.189. The second-order valence-electron chi connectivity index (χ2n) is 11.7. The lowest BCUT2D eigenvalue weighted by molar-refractivity contribution is 1.30. The second kappa shape index (κ2) is 11.0. The molecule has 46 heavy (non-hydrogen) atoms. The van der Waals surface area contributed by atoms with Crippen LogP contribution in [0.1, 0.15) is 0 Å². The third-order valence-corrected chi connectivity index (χ3v) is 10.3. The number of anilines is 3. The fourth-order valence-electron chi connectivity index (χ4n) is 6.93. The van der Waals surface area contributed by atoms with Gasteiger partial charge in [0.1, 0.15) is 0 Å². The molecule has 0 bridgehead atoms. The zero-order valence-corrected chi connectivity index (χ0v) is 25.9. The predicted molar refractivity (Wildman–Crippen MR) is 200 cm³/mol. The Labute approximate surface area is 272 Å². The van der Waals surface area contributed by atoms with Crippen LogP contribution < -0.4 is 4.90 Å². The van der Waals surface area contributed by atoms with E-state index in [1.807, 2.05) is 11.3 Å². The van der Waals surface area contributed by atoms with Crippen LogP contribution in [0, 0.1) is 0 Å². The molecule has 0 aliphatic heterocycles. The third-order valence-electron chi connectivity index (χ3n) is 9.06. The van der Waals surface area contributed by atoms with Crippen molar-refractivity contribution in [2.75, 3.05) is 4.90 Å². The summed E-state index contributed by atoms with van der Waals surface area (Å²) in [6, 6.07) is 63.8. The minimum atomic E-state index is 1.13. The van der Waals surface area contributed by atoms with Crippen LogP contribution >= 0.6 is 11.3 Å². The van der Waals surface area contributed by atoms with Crippen LogP contribution in [0.15, 0.2) is 176 Å². The lowest BCUT2D eigenvalue weighted by Gasteiger charge is -2.28. The molecule has 9 rings (SSSR count). The standard InChI is InChI=1S/C44H29NS/c1-2-12-31(13-3-1)37-18-8-9-22-40(37)45(34-27-24-33(25-28-34)36-20-10-16-30-14-4-6-17-35(30)36)41-23-11-21-39-43-38-19-7-5-15-32(38)26-29-42(43)46-44(39)41/h1-29H. The van der Waals surface area contributed by atoms with E-state index < -0.39 is 0 Å². The van der Waals surface area contributed by atoms with E-state index >= 15 is 0 Å². The maximum atomic E-state index is 2.45. The summed E-state index contributed by atoms with van der Waals surface area (Å²) in [6.45, 7) is 0. The zero-order chi connectivity index (χ0) is 30.5. The number of thiophene rings is 1. The summed E-state index contributed by atoms with van der Waals surface area (Å²) in [5.74, 6) is 0. The molecule has 216 valence electrons. The summed E-state index contributed by atoms with van der Waals surface area (Å²) in [6.07, 6.45) is 0. The van der Waals surface area contributed by atoms with Crippen molar-refractivity contribution in [2.45, 2.75) is 0 Å². The molecular weight excluding hydrogens is 575 g/mol. The van der Waals surface area contributed by atoms with E-state index in [1.165, 1.54) is 69.7 Å². The highest BCUT2D eigenvalue weighted by molar-refractivity contribution is 7.26. The molecule has 1 aromatic heterocycles. The van der Waals surface area contributed by atoms with Crippen molar-refractivity contribution >= 4 is 70.1 Å². The van der Waals surface area contributed by atoms with Crippen molar-refractivity contribution in [2.24, 2.45) is 0 Å². The molecule has 0 aliphatic rings. The molecular formula is C44H29NS. The third kappa shape index (κ3) is 4.38. The van der Waals surface area contributed by atoms with E-state index in [0.717, 1.165) is 11.4 Å². The molecule has 0 radical (unpaired) electrons. The fourth-order valence-corrected chi connectivity index (χ4v) is 8.16. The summed E-state index contributed by atoms with van der Waals surface area (Å²) >= 11 is 1.88. The minimum Gasteiger partial charge on any atom is -0.308 e. The van der Waals surface area contributed by atoms with Crippen LogP contribution in [-0.4, -0.2) is 0 Å². The fraction of sp³-hybridized carbons (Fsp3) is 0. The average Bonchev–Trinajstić information content (AvgIpc) is 3.53. The molecule has 1 heterocycles. The number of nitrogens with zero attached hydrogens (tertiary/aromatic N) is 1. The van der Waals surface area contributed by atoms with Crippen molar-refractivity contribution in [1.29, 1.82) is 0 Å². The van der Waals surface area contributed by atoms with Gasteiger partial charge in [-0.05, 0) is 68.6 Å². The van der Waals surface area contributed by atoms with Gasteiger partial charge in [0.15, 0.2) is 0 Å². The number of benzene rings is 8. The molecule has 0 saturated heterocycles. The van der Waals surface area contributed by atoms with Crippen LogP contribution in [0.5, 0.6) is 0 Å². The summed E-state index contributed by atoms with van der Waals surface area (Å²) < 4.78 is 2.60. The Kier molecular flexibility index (Phi) is 6.40. The van der Waals surface area contributed by atoms with Crippen LogP contribution in [0.25, 0.3) is 64.0 Å². The maximum absolute atomic E-state index is 2.45. The molecule has 0 atom stereocenters. The van der Waals surface area contributed by atoms with Crippen LogP contribution in [0.3, 0.4) is 0 Å². The van der Waals surface area contributed by atoms with Gasteiger partial charge in [0, 0.05) is 26.7 Å². The Balaban J connectivity index is 1.29. The van der Waals surface area contributed by atoms with E-state index in [1.54, 1.807) is 0 Å². The Morgan fingerprint density at radius 1 is 0.370 bits per heavy atom. The highest BCUT2D eigenvalue weighted by atomic mass is 32.1. The van der Waals surface area contributed by atoms with E-state index in [0.29, 0.717) is 0 Å². The van der Waals surface area contributed by atoms with Crippen LogP contribution in [0.4, 0.5) is 17.1 Å². The van der Waals surface area contributed by atoms with Crippen LogP contribution in [-0.2, 0) is 0 Å². The van der Waals surface area contributed by atoms with Crippen molar-refractivity contribution in [3.63, 3.8) is 0 Å². The van der Waals surface area contributed by atoms with Crippen molar-refractivity contribution in [3.8, 4) is 22.3 Å². The van der Waals surface area contributed by atoms with Gasteiger partial charge in [0.2, 0.25) is 0 Å². The molecule has 2 heteroatoms. The van der Waals surface area contributed by atoms with Gasteiger partial charge < -0.3 is 4.90 Å². The van der Waals surface area contributed by atoms with Crippen LogP contribution in [0.2, 0.25) is 0 Å². The van der Waals surface area contributed by atoms with Gasteiger partial charge >= 0.3 is 0 Å². The molecule has 0 amide bonds. The monoisotopic (exact) mass is 603 g/mol. The number of para-hydroxylation sites is 1. The van der Waals surface area contributed by atoms with Gasteiger partial charge in [0.05, 0.1) is 16.1 Å². The number of fused-ring (bicyclic) bond motifs is 6. The predicted octanol–water partition coefficient (Wildman–Crippen LogP) is 13.2. The average molecular weight is 604 g/mol. The minimum absolute atomic E-state index is 1.13. The largest absolute Gasteiger partial charge is 0.308 e. The smallest absolute Gasteiger partial charge is 0.0640 e. The molecule has 0 fully saturated rings. The molecule has 0 spiro atoms. The van der Waals surface area contributed by atoms with Gasteiger partial charge in [-0.2, -0.15) is 0 Å². The molecule has 0 unspecified atom stereocenters. The first-order valence-corrected chi connectivity index (χ1v) is 16.5. The first-order chi connectivity index (χ1) is 22.8. The summed E-state index contributed by atoms with van der Waals surface area (Å²) in [7, 11) is 0. The van der Waals surface area contributed by atoms with Gasteiger partial charge in [-0.15, -0.1) is 11.3 Å². The van der Waals surface area contributed by atoms with E-state index in [4.69, 9.17) is 0 Å². The van der Waals surface area contributed by atoms with Crippen molar-refractivity contribution < 1.29 is 0 Å². The summed E-state index contributed by atoms with van der Waals surface area (Å²) in [5, 5.41) is 7.73. The topological polar surface area (TPSA) is 3.24 Å². The molecule has 8 aromatic carbocycles. The maximum Gasteiger partial charge on any atom is 0.0640 e. The van der Waals surface area contributed by atoms with E-state index in [2.05, 4.69) is 181 Å². The molecule has 1 nitrogen and oxygen atoms in total. The number of hydrogen-bond acceptors (Lipinski definition) is 2. The summed E-state index contributed by atoms with van der Waals surface area (Å²) in [4.78, 5) is 2.45. The lowest BCUT2D eigenvalue weighted by Crippen LogP contribution is -2.11. The van der Waals surface area contributed by atoms with Gasteiger partial charge in [-0.3, -0.25) is 0 Å². The first kappa shape index (κ1) is 26.7. The Morgan fingerprint density at radius 3 is 1.80 bits per heavy atom. The molecule has 0 aliphatic carbocycles. The van der Waals surface area contributed by atoms with Crippen molar-refractivity contribution in [1.82, 2.24) is 0 Å².